The molecule has 0 radical (unpaired) electrons. The molecule has 6 nitrogen and oxygen atoms in total. The maximum Gasteiger partial charge on any atom is 0.342 e. The fraction of sp³-hybridized carbons (Fsp3) is 0.231. The van der Waals surface area contributed by atoms with Crippen molar-refractivity contribution in [2.45, 2.75) is 6.92 Å². The van der Waals surface area contributed by atoms with Crippen molar-refractivity contribution in [2.75, 3.05) is 19.5 Å². The number of aromatic amines is 1. The molecule has 0 spiro atoms. The van der Waals surface area contributed by atoms with E-state index in [2.05, 4.69) is 25.7 Å². The third-order valence-electron chi connectivity index (χ3n) is 2.80. The number of fused-ring (bicyclic) bond motifs is 1. The lowest BCUT2D eigenvalue weighted by Crippen LogP contribution is -2.07. The number of nitrogens with two attached hydrogens (primary N) is 1. The van der Waals surface area contributed by atoms with Gasteiger partial charge < -0.3 is 20.2 Å². The van der Waals surface area contributed by atoms with Crippen molar-refractivity contribution < 1.29 is 19.1 Å². The SMILES string of the molecule is CCOC(=O)c1c(N)[nH]c2cc(C(=O)OC)c(Br)cc12. The highest BCUT2D eigenvalue weighted by molar-refractivity contribution is 9.10. The van der Waals surface area contributed by atoms with E-state index in [1.807, 2.05) is 0 Å². The minimum Gasteiger partial charge on any atom is -0.465 e. The van der Waals surface area contributed by atoms with Crippen molar-refractivity contribution >= 4 is 44.6 Å². The van der Waals surface area contributed by atoms with Gasteiger partial charge in [-0.05, 0) is 35.0 Å². The van der Waals surface area contributed by atoms with Crippen molar-refractivity contribution in [2.24, 2.45) is 0 Å². The molecule has 1 heterocycles. The number of rotatable bonds is 3. The lowest BCUT2D eigenvalue weighted by atomic mass is 10.1. The third kappa shape index (κ3) is 2.36. The Morgan fingerprint density at radius 3 is 2.65 bits per heavy atom. The molecule has 0 saturated carbocycles. The maximum absolute atomic E-state index is 11.9. The van der Waals surface area contributed by atoms with Crippen molar-refractivity contribution in [1.29, 1.82) is 0 Å². The first-order chi connectivity index (χ1) is 9.49. The molecule has 1 aromatic heterocycles. The molecule has 0 amide bonds. The van der Waals surface area contributed by atoms with Crippen LogP contribution in [-0.2, 0) is 9.47 Å². The number of nitrogen functional groups attached to an aromatic ring is 1. The van der Waals surface area contributed by atoms with Gasteiger partial charge in [0.2, 0.25) is 0 Å². The number of esters is 2. The van der Waals surface area contributed by atoms with Crippen LogP contribution in [0.1, 0.15) is 27.6 Å². The van der Waals surface area contributed by atoms with Gasteiger partial charge in [-0.1, -0.05) is 0 Å². The van der Waals surface area contributed by atoms with Gasteiger partial charge in [-0.2, -0.15) is 0 Å². The fourth-order valence-corrected chi connectivity index (χ4v) is 2.43. The van der Waals surface area contributed by atoms with Crippen LogP contribution in [0.4, 0.5) is 5.82 Å². The zero-order valence-corrected chi connectivity index (χ0v) is 12.5. The van der Waals surface area contributed by atoms with E-state index in [0.29, 0.717) is 20.9 Å². The van der Waals surface area contributed by atoms with Gasteiger partial charge in [-0.3, -0.25) is 0 Å². The summed E-state index contributed by atoms with van der Waals surface area (Å²) in [5, 5.41) is 0.584. The van der Waals surface area contributed by atoms with Crippen LogP contribution in [0, 0.1) is 0 Å². The number of nitrogens with one attached hydrogen (secondary N) is 1. The van der Waals surface area contributed by atoms with Gasteiger partial charge >= 0.3 is 11.9 Å². The Balaban J connectivity index is 2.64. The second-order valence-electron chi connectivity index (χ2n) is 4.00. The summed E-state index contributed by atoms with van der Waals surface area (Å²) in [6, 6.07) is 3.21. The largest absolute Gasteiger partial charge is 0.465 e. The second-order valence-corrected chi connectivity index (χ2v) is 4.86. The van der Waals surface area contributed by atoms with E-state index in [1.54, 1.807) is 19.1 Å². The molecule has 0 aliphatic rings. The van der Waals surface area contributed by atoms with Gasteiger partial charge in [0.15, 0.2) is 0 Å². The van der Waals surface area contributed by atoms with E-state index in [4.69, 9.17) is 10.5 Å². The molecular formula is C13H13BrN2O4. The summed E-state index contributed by atoms with van der Waals surface area (Å²) >= 11 is 3.28. The molecule has 0 bridgehead atoms. The summed E-state index contributed by atoms with van der Waals surface area (Å²) in [5.41, 5.74) is 6.98. The van der Waals surface area contributed by atoms with Gasteiger partial charge in [0, 0.05) is 15.4 Å². The Morgan fingerprint density at radius 1 is 1.35 bits per heavy atom. The first-order valence-corrected chi connectivity index (χ1v) is 6.65. The Labute approximate surface area is 123 Å². The first kappa shape index (κ1) is 14.4. The van der Waals surface area contributed by atoms with E-state index in [0.717, 1.165) is 0 Å². The molecule has 0 saturated heterocycles. The molecule has 1 aromatic carbocycles. The number of H-pyrrole nitrogens is 1. The van der Waals surface area contributed by atoms with Crippen LogP contribution in [0.3, 0.4) is 0 Å². The molecule has 3 N–H and O–H groups in total. The minimum atomic E-state index is -0.506. The number of hydrogen-bond acceptors (Lipinski definition) is 5. The zero-order chi connectivity index (χ0) is 14.9. The molecule has 0 aliphatic carbocycles. The lowest BCUT2D eigenvalue weighted by Gasteiger charge is -2.04. The summed E-state index contributed by atoms with van der Waals surface area (Å²) in [6.45, 7) is 1.97. The molecule has 0 fully saturated rings. The van der Waals surface area contributed by atoms with Gasteiger partial charge in [0.25, 0.3) is 0 Å². The molecule has 0 unspecified atom stereocenters. The second kappa shape index (κ2) is 5.54. The quantitative estimate of drug-likeness (QED) is 0.837. The average molecular weight is 341 g/mol. The number of ether oxygens (including phenoxy) is 2. The van der Waals surface area contributed by atoms with Crippen LogP contribution in [0.15, 0.2) is 16.6 Å². The molecule has 0 atom stereocenters. The summed E-state index contributed by atoms with van der Waals surface area (Å²) in [4.78, 5) is 26.4. The Morgan fingerprint density at radius 2 is 2.05 bits per heavy atom. The monoisotopic (exact) mass is 340 g/mol. The molecule has 7 heteroatoms. The van der Waals surface area contributed by atoms with E-state index in [1.165, 1.54) is 7.11 Å². The number of carbonyl (C=O) groups excluding carboxylic acids is 2. The molecule has 2 aromatic rings. The standard InChI is InChI=1S/C13H13BrN2O4/c1-3-20-13(18)10-7-4-8(14)6(12(17)19-2)5-9(7)16-11(10)15/h4-5,16H,3,15H2,1-2H3. The number of methoxy groups -OCH3 is 1. The van der Waals surface area contributed by atoms with Crippen LogP contribution < -0.4 is 5.73 Å². The normalized spacial score (nSPS) is 10.6. The number of hydrogen-bond donors (Lipinski definition) is 2. The lowest BCUT2D eigenvalue weighted by molar-refractivity contribution is 0.0529. The third-order valence-corrected chi connectivity index (χ3v) is 3.46. The number of carbonyl (C=O) groups is 2. The van der Waals surface area contributed by atoms with Gasteiger partial charge in [-0.25, -0.2) is 9.59 Å². The smallest absolute Gasteiger partial charge is 0.342 e. The maximum atomic E-state index is 11.9. The zero-order valence-electron chi connectivity index (χ0n) is 11.0. The van der Waals surface area contributed by atoms with Crippen LogP contribution in [-0.4, -0.2) is 30.6 Å². The number of benzene rings is 1. The number of aromatic nitrogens is 1. The van der Waals surface area contributed by atoms with E-state index in [-0.39, 0.29) is 18.0 Å². The predicted molar refractivity (Wildman–Crippen MR) is 77.7 cm³/mol. The summed E-state index contributed by atoms with van der Waals surface area (Å²) < 4.78 is 10.2. The van der Waals surface area contributed by atoms with Gasteiger partial charge in [-0.15, -0.1) is 0 Å². The van der Waals surface area contributed by atoms with Crippen molar-refractivity contribution in [1.82, 2.24) is 4.98 Å². The van der Waals surface area contributed by atoms with Crippen LogP contribution in [0.5, 0.6) is 0 Å². The topological polar surface area (TPSA) is 94.4 Å². The van der Waals surface area contributed by atoms with Crippen LogP contribution in [0.2, 0.25) is 0 Å². The minimum absolute atomic E-state index is 0.201. The van der Waals surface area contributed by atoms with Crippen molar-refractivity contribution in [3.05, 3.63) is 27.7 Å². The molecular weight excluding hydrogens is 328 g/mol. The Hall–Kier alpha value is -2.02. The van der Waals surface area contributed by atoms with E-state index in [9.17, 15) is 9.59 Å². The van der Waals surface area contributed by atoms with Crippen molar-refractivity contribution in [3.63, 3.8) is 0 Å². The highest BCUT2D eigenvalue weighted by Gasteiger charge is 2.21. The van der Waals surface area contributed by atoms with E-state index >= 15 is 0 Å². The molecule has 20 heavy (non-hydrogen) atoms. The van der Waals surface area contributed by atoms with Crippen molar-refractivity contribution in [3.8, 4) is 0 Å². The summed E-state index contributed by atoms with van der Waals surface area (Å²) in [5.74, 6) is -0.786. The van der Waals surface area contributed by atoms with Gasteiger partial charge in [0.1, 0.15) is 11.4 Å². The Bertz CT molecular complexity index is 693. The highest BCUT2D eigenvalue weighted by atomic mass is 79.9. The van der Waals surface area contributed by atoms with E-state index < -0.39 is 11.9 Å². The Kier molecular flexibility index (Phi) is 3.99. The number of anilines is 1. The number of halogens is 1. The van der Waals surface area contributed by atoms with Crippen LogP contribution in [0.25, 0.3) is 10.9 Å². The predicted octanol–water partition coefficient (Wildman–Crippen LogP) is 2.48. The molecule has 106 valence electrons. The average Bonchev–Trinajstić information content (AvgIpc) is 2.72. The highest BCUT2D eigenvalue weighted by Crippen LogP contribution is 2.30. The summed E-state index contributed by atoms with van der Waals surface area (Å²) in [7, 11) is 1.30. The molecule has 2 rings (SSSR count). The summed E-state index contributed by atoms with van der Waals surface area (Å²) in [6.07, 6.45) is 0. The van der Waals surface area contributed by atoms with Gasteiger partial charge in [0.05, 0.1) is 19.3 Å². The first-order valence-electron chi connectivity index (χ1n) is 5.85. The van der Waals surface area contributed by atoms with Crippen LogP contribution >= 0.6 is 15.9 Å². The molecule has 0 aliphatic heterocycles. The fourth-order valence-electron chi connectivity index (χ4n) is 1.93.